The zero-order valence-corrected chi connectivity index (χ0v) is 15.2. The molecule has 0 unspecified atom stereocenters. The van der Waals surface area contributed by atoms with Crippen LogP contribution in [0.25, 0.3) is 5.57 Å². The van der Waals surface area contributed by atoms with Crippen molar-refractivity contribution in [2.24, 2.45) is 4.99 Å². The predicted molar refractivity (Wildman–Crippen MR) is 104 cm³/mol. The third-order valence-electron chi connectivity index (χ3n) is 4.46. The molecule has 8 heteroatoms. The number of carbonyl (C=O) groups is 2. The molecule has 0 saturated carbocycles. The molecule has 2 aromatic carbocycles. The number of nitro benzene ring substituents is 1. The van der Waals surface area contributed by atoms with Gasteiger partial charge < -0.3 is 4.90 Å². The van der Waals surface area contributed by atoms with E-state index in [2.05, 4.69) is 4.99 Å². The molecule has 0 atom stereocenters. The van der Waals surface area contributed by atoms with Gasteiger partial charge in [-0.25, -0.2) is 4.99 Å². The van der Waals surface area contributed by atoms with Crippen LogP contribution in [-0.4, -0.2) is 28.8 Å². The maximum absolute atomic E-state index is 12.7. The molecule has 134 valence electrons. The van der Waals surface area contributed by atoms with Gasteiger partial charge in [0.1, 0.15) is 5.04 Å². The largest absolute Gasteiger partial charge is 0.311 e. The number of carbonyl (C=O) groups excluding carboxylic acids is 2. The standard InChI is InChI=1S/C19H13N3O4S/c1-10-3-5-11(6-4-10)18-20-17(23)16(27-18)15-13-9-12(22(25)26)7-8-14(13)21(2)19(15)24/h3-9H,1-2H3. The van der Waals surface area contributed by atoms with Crippen LogP contribution in [0.1, 0.15) is 16.7 Å². The minimum absolute atomic E-state index is 0.134. The van der Waals surface area contributed by atoms with Gasteiger partial charge in [-0.2, -0.15) is 0 Å². The van der Waals surface area contributed by atoms with Crippen molar-refractivity contribution in [3.05, 3.63) is 74.2 Å². The van der Waals surface area contributed by atoms with E-state index < -0.39 is 10.8 Å². The average molecular weight is 379 g/mol. The highest BCUT2D eigenvalue weighted by molar-refractivity contribution is 8.19. The summed E-state index contributed by atoms with van der Waals surface area (Å²) in [5, 5.41) is 11.6. The van der Waals surface area contributed by atoms with Crippen molar-refractivity contribution >= 4 is 45.6 Å². The maximum Gasteiger partial charge on any atom is 0.285 e. The number of thioether (sulfide) groups is 1. The molecule has 0 bridgehead atoms. The van der Waals surface area contributed by atoms with E-state index in [1.54, 1.807) is 7.05 Å². The quantitative estimate of drug-likeness (QED) is 0.453. The van der Waals surface area contributed by atoms with E-state index in [-0.39, 0.29) is 22.1 Å². The van der Waals surface area contributed by atoms with Gasteiger partial charge in [0, 0.05) is 30.3 Å². The van der Waals surface area contributed by atoms with E-state index in [4.69, 9.17) is 0 Å². The van der Waals surface area contributed by atoms with Crippen LogP contribution in [0.3, 0.4) is 0 Å². The molecule has 4 rings (SSSR count). The second-order valence-electron chi connectivity index (χ2n) is 6.22. The number of fused-ring (bicyclic) bond motifs is 1. The molecule has 27 heavy (non-hydrogen) atoms. The first-order chi connectivity index (χ1) is 12.9. The molecule has 2 amide bonds. The predicted octanol–water partition coefficient (Wildman–Crippen LogP) is 3.31. The first kappa shape index (κ1) is 17.2. The van der Waals surface area contributed by atoms with Crippen molar-refractivity contribution in [2.75, 3.05) is 11.9 Å². The van der Waals surface area contributed by atoms with Crippen LogP contribution in [0.5, 0.6) is 0 Å². The fourth-order valence-corrected chi connectivity index (χ4v) is 4.03. The van der Waals surface area contributed by atoms with Gasteiger partial charge in [0.15, 0.2) is 0 Å². The lowest BCUT2D eigenvalue weighted by molar-refractivity contribution is -0.384. The SMILES string of the molecule is Cc1ccc(C2=NC(=O)C(=C3C(=O)N(C)c4ccc([N+](=O)[O-])cc43)S2)cc1. The smallest absolute Gasteiger partial charge is 0.285 e. The minimum atomic E-state index is -0.525. The third kappa shape index (κ3) is 2.74. The highest BCUT2D eigenvalue weighted by atomic mass is 32.2. The number of nitrogens with zero attached hydrogens (tertiary/aromatic N) is 3. The Morgan fingerprint density at radius 3 is 2.48 bits per heavy atom. The molecule has 2 aliphatic rings. The third-order valence-corrected chi connectivity index (χ3v) is 5.57. The van der Waals surface area contributed by atoms with Gasteiger partial charge >= 0.3 is 0 Å². The molecule has 0 saturated heterocycles. The minimum Gasteiger partial charge on any atom is -0.311 e. The summed E-state index contributed by atoms with van der Waals surface area (Å²) in [4.78, 5) is 41.5. The van der Waals surface area contributed by atoms with Crippen molar-refractivity contribution in [3.63, 3.8) is 0 Å². The lowest BCUT2D eigenvalue weighted by Crippen LogP contribution is -2.21. The van der Waals surface area contributed by atoms with E-state index in [1.165, 1.54) is 23.1 Å². The van der Waals surface area contributed by atoms with Gasteiger partial charge in [-0.05, 0) is 13.0 Å². The lowest BCUT2D eigenvalue weighted by atomic mass is 10.1. The molecule has 0 aliphatic carbocycles. The molecular weight excluding hydrogens is 366 g/mol. The van der Waals surface area contributed by atoms with Crippen LogP contribution in [-0.2, 0) is 9.59 Å². The van der Waals surface area contributed by atoms with Crippen LogP contribution in [0.4, 0.5) is 11.4 Å². The second kappa shape index (κ2) is 6.17. The number of rotatable bonds is 2. The van der Waals surface area contributed by atoms with Gasteiger partial charge in [0.05, 0.1) is 21.1 Å². The zero-order valence-electron chi connectivity index (χ0n) is 14.4. The van der Waals surface area contributed by atoms with Crippen molar-refractivity contribution in [1.82, 2.24) is 0 Å². The Bertz CT molecular complexity index is 1090. The fraction of sp³-hybridized carbons (Fsp3) is 0.105. The van der Waals surface area contributed by atoms with Crippen LogP contribution in [0.15, 0.2) is 52.4 Å². The topological polar surface area (TPSA) is 92.9 Å². The van der Waals surface area contributed by atoms with E-state index in [0.717, 1.165) is 22.9 Å². The summed E-state index contributed by atoms with van der Waals surface area (Å²) >= 11 is 1.12. The Hall–Kier alpha value is -3.26. The zero-order chi connectivity index (χ0) is 19.3. The molecule has 2 heterocycles. The Morgan fingerprint density at radius 2 is 1.81 bits per heavy atom. The molecule has 7 nitrogen and oxygen atoms in total. The second-order valence-corrected chi connectivity index (χ2v) is 7.22. The van der Waals surface area contributed by atoms with E-state index in [1.807, 2.05) is 31.2 Å². The van der Waals surface area contributed by atoms with Gasteiger partial charge in [-0.15, -0.1) is 0 Å². The Kier molecular flexibility index (Phi) is 3.92. The summed E-state index contributed by atoms with van der Waals surface area (Å²) in [5.74, 6) is -0.881. The summed E-state index contributed by atoms with van der Waals surface area (Å²) < 4.78 is 0. The van der Waals surface area contributed by atoms with Crippen molar-refractivity contribution in [1.29, 1.82) is 0 Å². The number of likely N-dealkylation sites (N-methyl/N-ethyl adjacent to an activating group) is 1. The number of aliphatic imine (C=N–C) groups is 1. The number of hydrogen-bond acceptors (Lipinski definition) is 5. The molecule has 0 aromatic heterocycles. The normalized spacial score (nSPS) is 18.7. The van der Waals surface area contributed by atoms with Crippen LogP contribution < -0.4 is 4.90 Å². The number of amides is 2. The molecule has 2 aliphatic heterocycles. The van der Waals surface area contributed by atoms with Crippen molar-refractivity contribution < 1.29 is 14.5 Å². The number of non-ortho nitro benzene ring substituents is 1. The monoisotopic (exact) mass is 379 g/mol. The Balaban J connectivity index is 1.81. The number of benzene rings is 2. The lowest BCUT2D eigenvalue weighted by Gasteiger charge is -2.08. The molecular formula is C19H13N3O4S. The Morgan fingerprint density at radius 1 is 1.11 bits per heavy atom. The van der Waals surface area contributed by atoms with Crippen LogP contribution in [0.2, 0.25) is 0 Å². The summed E-state index contributed by atoms with van der Waals surface area (Å²) in [6, 6.07) is 11.8. The van der Waals surface area contributed by atoms with Crippen molar-refractivity contribution in [3.8, 4) is 0 Å². The van der Waals surface area contributed by atoms with Crippen molar-refractivity contribution in [2.45, 2.75) is 6.92 Å². The van der Waals surface area contributed by atoms with E-state index in [0.29, 0.717) is 16.3 Å². The number of nitro groups is 1. The molecule has 0 spiro atoms. The maximum atomic E-state index is 12.7. The van der Waals surface area contributed by atoms with E-state index in [9.17, 15) is 19.7 Å². The van der Waals surface area contributed by atoms with Gasteiger partial charge in [0.25, 0.3) is 17.5 Å². The van der Waals surface area contributed by atoms with Gasteiger partial charge in [0.2, 0.25) is 0 Å². The first-order valence-electron chi connectivity index (χ1n) is 8.06. The van der Waals surface area contributed by atoms with E-state index >= 15 is 0 Å². The highest BCUT2D eigenvalue weighted by Crippen LogP contribution is 2.44. The van der Waals surface area contributed by atoms with Crippen LogP contribution in [0, 0.1) is 17.0 Å². The molecule has 0 fully saturated rings. The molecule has 0 radical (unpaired) electrons. The summed E-state index contributed by atoms with van der Waals surface area (Å²) in [6.45, 7) is 1.96. The summed E-state index contributed by atoms with van der Waals surface area (Å²) in [7, 11) is 1.58. The molecule has 2 aromatic rings. The van der Waals surface area contributed by atoms with Gasteiger partial charge in [-0.1, -0.05) is 41.6 Å². The first-order valence-corrected chi connectivity index (χ1v) is 8.87. The van der Waals surface area contributed by atoms with Gasteiger partial charge in [-0.3, -0.25) is 19.7 Å². The average Bonchev–Trinajstić information content (AvgIpc) is 3.13. The van der Waals surface area contributed by atoms with Crippen LogP contribution >= 0.6 is 11.8 Å². The number of aryl methyl sites for hydroxylation is 1. The summed E-state index contributed by atoms with van der Waals surface area (Å²) in [6.07, 6.45) is 0. The highest BCUT2D eigenvalue weighted by Gasteiger charge is 2.38. The fourth-order valence-electron chi connectivity index (χ4n) is 3.03. The number of hydrogen-bond donors (Lipinski definition) is 0. The Labute approximate surface area is 158 Å². The summed E-state index contributed by atoms with van der Waals surface area (Å²) in [5.41, 5.74) is 2.81. The number of anilines is 1. The molecule has 0 N–H and O–H groups in total.